The first-order chi connectivity index (χ1) is 11.6. The molecule has 0 aromatic heterocycles. The van der Waals surface area contributed by atoms with Crippen molar-refractivity contribution in [2.45, 2.75) is 46.6 Å². The molecule has 5 heteroatoms. The molecule has 0 aromatic rings. The van der Waals surface area contributed by atoms with Crippen LogP contribution in [0.2, 0.25) is 0 Å². The average molecular weight is 334 g/mol. The Bertz CT molecular complexity index is 503. The van der Waals surface area contributed by atoms with Crippen molar-refractivity contribution in [1.82, 2.24) is 10.2 Å². The van der Waals surface area contributed by atoms with Gasteiger partial charge in [0.2, 0.25) is 11.8 Å². The Hall–Kier alpha value is -2.30. The zero-order valence-electron chi connectivity index (χ0n) is 15.3. The maximum atomic E-state index is 11.9. The summed E-state index contributed by atoms with van der Waals surface area (Å²) in [6, 6.07) is -0.338. The Morgan fingerprint density at radius 3 is 2.25 bits per heavy atom. The van der Waals surface area contributed by atoms with E-state index in [1.54, 1.807) is 12.2 Å². The molecule has 0 bridgehead atoms. The average Bonchev–Trinajstić information content (AvgIpc) is 2.63. The molecule has 0 spiro atoms. The first kappa shape index (κ1) is 21.7. The topological polar surface area (TPSA) is 58.6 Å². The highest BCUT2D eigenvalue weighted by Gasteiger charge is 2.34. The van der Waals surface area contributed by atoms with Crippen LogP contribution in [-0.2, 0) is 14.3 Å². The summed E-state index contributed by atoms with van der Waals surface area (Å²) in [7, 11) is 0. The maximum absolute atomic E-state index is 11.9. The second-order valence-corrected chi connectivity index (χ2v) is 4.83. The fourth-order valence-corrected chi connectivity index (χ4v) is 2.27. The van der Waals surface area contributed by atoms with E-state index >= 15 is 0 Å². The van der Waals surface area contributed by atoms with Crippen molar-refractivity contribution in [3.8, 4) is 0 Å². The highest BCUT2D eigenvalue weighted by atomic mass is 16.5. The molecule has 0 saturated carbocycles. The number of carbonyl (C=O) groups excluding carboxylic acids is 2. The summed E-state index contributed by atoms with van der Waals surface area (Å²) >= 11 is 0. The number of hydrogen-bond donors (Lipinski definition) is 1. The van der Waals surface area contributed by atoms with Gasteiger partial charge in [0.25, 0.3) is 0 Å². The van der Waals surface area contributed by atoms with Gasteiger partial charge in [0.05, 0.1) is 12.2 Å². The van der Waals surface area contributed by atoms with Crippen LogP contribution in [-0.4, -0.2) is 35.9 Å². The van der Waals surface area contributed by atoms with E-state index in [9.17, 15) is 9.59 Å². The zero-order valence-corrected chi connectivity index (χ0v) is 15.3. The van der Waals surface area contributed by atoms with Crippen LogP contribution in [0.15, 0.2) is 48.9 Å². The van der Waals surface area contributed by atoms with E-state index in [-0.39, 0.29) is 17.9 Å². The first-order valence-corrected chi connectivity index (χ1v) is 8.38. The zero-order chi connectivity index (χ0) is 18.5. The number of amides is 2. The van der Waals surface area contributed by atoms with Gasteiger partial charge in [-0.15, -0.1) is 0 Å². The molecule has 2 aliphatic heterocycles. The van der Waals surface area contributed by atoms with E-state index in [1.807, 2.05) is 44.7 Å². The van der Waals surface area contributed by atoms with Crippen molar-refractivity contribution in [3.63, 3.8) is 0 Å². The maximum Gasteiger partial charge on any atom is 0.249 e. The summed E-state index contributed by atoms with van der Waals surface area (Å²) in [5.41, 5.74) is 0.755. The van der Waals surface area contributed by atoms with E-state index < -0.39 is 0 Å². The molecule has 2 rings (SSSR count). The largest absolute Gasteiger partial charge is 0.490 e. The van der Waals surface area contributed by atoms with E-state index in [1.165, 1.54) is 0 Å². The standard InChI is InChI=1S/C13H16N2O3.C4H8.C2H6/c1-3-9-11(4-2)18-8-7-15(9)10-5-6-12(16)14-13(10)17;1-3-4-2;1-2/h3-4,10H,1-2,5-8H2,(H,14,16,17);3-4H,1-2H3;1-2H3/b;4-3-;. The quantitative estimate of drug-likeness (QED) is 0.635. The van der Waals surface area contributed by atoms with Crippen LogP contribution < -0.4 is 5.32 Å². The number of carbonyl (C=O) groups is 2. The first-order valence-electron chi connectivity index (χ1n) is 8.38. The third kappa shape index (κ3) is 6.07. The van der Waals surface area contributed by atoms with Crippen molar-refractivity contribution in [2.24, 2.45) is 0 Å². The van der Waals surface area contributed by atoms with Crippen LogP contribution in [0.3, 0.4) is 0 Å². The van der Waals surface area contributed by atoms with Crippen LogP contribution in [0.1, 0.15) is 40.5 Å². The Balaban J connectivity index is 0.000000773. The molecule has 1 unspecified atom stereocenters. The van der Waals surface area contributed by atoms with E-state index in [0.717, 1.165) is 5.70 Å². The van der Waals surface area contributed by atoms with E-state index in [0.29, 0.717) is 31.8 Å². The van der Waals surface area contributed by atoms with Gasteiger partial charge in [0.15, 0.2) is 0 Å². The van der Waals surface area contributed by atoms with Gasteiger partial charge in [0.1, 0.15) is 18.4 Å². The van der Waals surface area contributed by atoms with Crippen LogP contribution in [0.5, 0.6) is 0 Å². The molecule has 5 nitrogen and oxygen atoms in total. The van der Waals surface area contributed by atoms with Gasteiger partial charge in [-0.1, -0.05) is 39.2 Å². The van der Waals surface area contributed by atoms with Crippen LogP contribution in [0, 0.1) is 0 Å². The summed E-state index contributed by atoms with van der Waals surface area (Å²) in [6.07, 6.45) is 8.14. The molecule has 2 heterocycles. The van der Waals surface area contributed by atoms with Crippen molar-refractivity contribution >= 4 is 11.8 Å². The Labute approximate surface area is 145 Å². The van der Waals surface area contributed by atoms with Gasteiger partial charge in [-0.05, 0) is 32.4 Å². The molecule has 2 aliphatic rings. The lowest BCUT2D eigenvalue weighted by molar-refractivity contribution is -0.137. The lowest BCUT2D eigenvalue weighted by Crippen LogP contribution is -2.53. The summed E-state index contributed by atoms with van der Waals surface area (Å²) in [5, 5.41) is 2.36. The van der Waals surface area contributed by atoms with Crippen molar-refractivity contribution in [1.29, 1.82) is 0 Å². The molecule has 0 radical (unpaired) electrons. The minimum atomic E-state index is -0.338. The van der Waals surface area contributed by atoms with Gasteiger partial charge >= 0.3 is 0 Å². The predicted octanol–water partition coefficient (Wildman–Crippen LogP) is 3.32. The van der Waals surface area contributed by atoms with E-state index in [4.69, 9.17) is 4.74 Å². The molecular formula is C19H30N2O3. The molecule has 0 aromatic carbocycles. The minimum absolute atomic E-state index is 0.211. The molecular weight excluding hydrogens is 304 g/mol. The Kier molecular flexibility index (Phi) is 11.0. The van der Waals surface area contributed by atoms with Crippen LogP contribution in [0.4, 0.5) is 0 Å². The number of ether oxygens (including phenoxy) is 1. The number of piperidine rings is 1. The number of imide groups is 1. The molecule has 1 saturated heterocycles. The lowest BCUT2D eigenvalue weighted by Gasteiger charge is -2.38. The fraction of sp³-hybridized carbons (Fsp3) is 0.474. The number of nitrogens with zero attached hydrogens (tertiary/aromatic N) is 1. The highest BCUT2D eigenvalue weighted by molar-refractivity contribution is 6.00. The summed E-state index contributed by atoms with van der Waals surface area (Å²) in [4.78, 5) is 24.9. The molecule has 1 N–H and O–H groups in total. The minimum Gasteiger partial charge on any atom is -0.490 e. The van der Waals surface area contributed by atoms with Crippen molar-refractivity contribution < 1.29 is 14.3 Å². The number of hydrogen-bond acceptors (Lipinski definition) is 4. The molecule has 134 valence electrons. The molecule has 2 amide bonds. The Morgan fingerprint density at radius 2 is 1.79 bits per heavy atom. The lowest BCUT2D eigenvalue weighted by atomic mass is 10.0. The molecule has 24 heavy (non-hydrogen) atoms. The second kappa shape index (κ2) is 12.2. The smallest absolute Gasteiger partial charge is 0.249 e. The summed E-state index contributed by atoms with van der Waals surface area (Å²) in [6.45, 7) is 16.5. The number of nitrogens with one attached hydrogen (secondary N) is 1. The van der Waals surface area contributed by atoms with Crippen molar-refractivity contribution in [3.05, 3.63) is 48.9 Å². The van der Waals surface area contributed by atoms with Gasteiger partial charge in [-0.2, -0.15) is 0 Å². The van der Waals surface area contributed by atoms with Crippen LogP contribution >= 0.6 is 0 Å². The molecule has 1 fully saturated rings. The molecule has 1 atom stereocenters. The van der Waals surface area contributed by atoms with Gasteiger partial charge in [-0.3, -0.25) is 14.9 Å². The predicted molar refractivity (Wildman–Crippen MR) is 98.1 cm³/mol. The van der Waals surface area contributed by atoms with Crippen LogP contribution in [0.25, 0.3) is 0 Å². The SMILES string of the molecule is C/C=C\C.C=CC1=C(C=C)N(C2CCC(=O)NC2=O)CCO1.CC. The number of rotatable bonds is 3. The van der Waals surface area contributed by atoms with Gasteiger partial charge in [-0.25, -0.2) is 0 Å². The summed E-state index contributed by atoms with van der Waals surface area (Å²) in [5.74, 6) is 0.162. The normalized spacial score (nSPS) is 20.2. The number of allylic oxidation sites excluding steroid dienone is 4. The highest BCUT2D eigenvalue weighted by Crippen LogP contribution is 2.24. The van der Waals surface area contributed by atoms with E-state index in [2.05, 4.69) is 18.5 Å². The Morgan fingerprint density at radius 1 is 1.17 bits per heavy atom. The molecule has 0 aliphatic carbocycles. The third-order valence-electron chi connectivity index (χ3n) is 3.45. The van der Waals surface area contributed by atoms with Gasteiger partial charge in [0, 0.05) is 6.42 Å². The fourth-order valence-electron chi connectivity index (χ4n) is 2.27. The summed E-state index contributed by atoms with van der Waals surface area (Å²) < 4.78 is 5.46. The second-order valence-electron chi connectivity index (χ2n) is 4.83. The van der Waals surface area contributed by atoms with Crippen molar-refractivity contribution in [2.75, 3.05) is 13.2 Å². The monoisotopic (exact) mass is 334 g/mol. The van der Waals surface area contributed by atoms with Gasteiger partial charge < -0.3 is 9.64 Å². The third-order valence-corrected chi connectivity index (χ3v) is 3.45.